The monoisotopic (exact) mass is 312 g/mol. The van der Waals surface area contributed by atoms with E-state index in [2.05, 4.69) is 26.1 Å². The maximum Gasteiger partial charge on any atom is 0.410 e. The molecular formula is C18H36N2O2. The number of rotatable bonds is 6. The molecule has 0 aromatic heterocycles. The zero-order chi connectivity index (χ0) is 16.8. The van der Waals surface area contributed by atoms with Gasteiger partial charge >= 0.3 is 6.09 Å². The topological polar surface area (TPSA) is 41.6 Å². The minimum Gasteiger partial charge on any atom is -0.444 e. The van der Waals surface area contributed by atoms with E-state index in [0.717, 1.165) is 19.0 Å². The highest BCUT2D eigenvalue weighted by Crippen LogP contribution is 2.26. The highest BCUT2D eigenvalue weighted by atomic mass is 16.6. The molecule has 0 atom stereocenters. The third-order valence-corrected chi connectivity index (χ3v) is 4.14. The van der Waals surface area contributed by atoms with Crippen molar-refractivity contribution in [2.45, 2.75) is 84.8 Å². The summed E-state index contributed by atoms with van der Waals surface area (Å²) in [4.78, 5) is 14.2. The zero-order valence-electron chi connectivity index (χ0n) is 15.5. The van der Waals surface area contributed by atoms with Gasteiger partial charge in [-0.15, -0.1) is 0 Å². The van der Waals surface area contributed by atoms with Gasteiger partial charge in [0.2, 0.25) is 0 Å². The number of amides is 1. The second-order valence-corrected chi connectivity index (χ2v) is 8.49. The summed E-state index contributed by atoms with van der Waals surface area (Å²) in [6.45, 7) is 14.4. The second kappa shape index (κ2) is 8.19. The lowest BCUT2D eigenvalue weighted by Crippen LogP contribution is -2.50. The fourth-order valence-corrected chi connectivity index (χ4v) is 2.94. The van der Waals surface area contributed by atoms with Gasteiger partial charge in [-0.2, -0.15) is 0 Å². The van der Waals surface area contributed by atoms with Crippen LogP contribution >= 0.6 is 0 Å². The highest BCUT2D eigenvalue weighted by Gasteiger charge is 2.30. The SMILES string of the molecule is CC(C)(C)OC(=O)N(CCNCCC1CCCC1)C(C)(C)C. The largest absolute Gasteiger partial charge is 0.444 e. The summed E-state index contributed by atoms with van der Waals surface area (Å²) in [5, 5.41) is 3.48. The van der Waals surface area contributed by atoms with Gasteiger partial charge in [-0.25, -0.2) is 4.79 Å². The maximum absolute atomic E-state index is 12.4. The molecule has 1 aliphatic rings. The van der Waals surface area contributed by atoms with Crippen molar-refractivity contribution in [2.75, 3.05) is 19.6 Å². The molecule has 1 rings (SSSR count). The van der Waals surface area contributed by atoms with Crippen LogP contribution in [-0.2, 0) is 4.74 Å². The van der Waals surface area contributed by atoms with Crippen molar-refractivity contribution in [3.63, 3.8) is 0 Å². The van der Waals surface area contributed by atoms with Gasteiger partial charge in [-0.05, 0) is 60.4 Å². The number of carbonyl (C=O) groups is 1. The first kappa shape index (κ1) is 19.3. The molecule has 4 nitrogen and oxygen atoms in total. The van der Waals surface area contributed by atoms with Crippen molar-refractivity contribution >= 4 is 6.09 Å². The average Bonchev–Trinajstić information content (AvgIpc) is 2.82. The molecule has 1 fully saturated rings. The van der Waals surface area contributed by atoms with Gasteiger partial charge in [-0.3, -0.25) is 0 Å². The Bertz CT molecular complexity index is 336. The summed E-state index contributed by atoms with van der Waals surface area (Å²) in [5.41, 5.74) is -0.675. The first-order valence-electron chi connectivity index (χ1n) is 8.81. The molecule has 0 aromatic carbocycles. The Balaban J connectivity index is 2.33. The quantitative estimate of drug-likeness (QED) is 0.748. The lowest BCUT2D eigenvalue weighted by atomic mass is 10.0. The van der Waals surface area contributed by atoms with Gasteiger partial charge in [0.15, 0.2) is 0 Å². The van der Waals surface area contributed by atoms with Crippen LogP contribution in [0.3, 0.4) is 0 Å². The summed E-state index contributed by atoms with van der Waals surface area (Å²) in [5.74, 6) is 0.914. The maximum atomic E-state index is 12.4. The first-order valence-corrected chi connectivity index (χ1v) is 8.81. The van der Waals surface area contributed by atoms with E-state index in [9.17, 15) is 4.79 Å². The molecule has 1 aliphatic carbocycles. The Hall–Kier alpha value is -0.770. The van der Waals surface area contributed by atoms with Gasteiger partial charge in [0, 0.05) is 18.6 Å². The summed E-state index contributed by atoms with van der Waals surface area (Å²) < 4.78 is 5.52. The van der Waals surface area contributed by atoms with Crippen molar-refractivity contribution in [3.8, 4) is 0 Å². The normalized spacial score (nSPS) is 16.8. The summed E-state index contributed by atoms with van der Waals surface area (Å²) in [6.07, 6.45) is 6.64. The molecular weight excluding hydrogens is 276 g/mol. The Morgan fingerprint density at radius 3 is 2.18 bits per heavy atom. The third-order valence-electron chi connectivity index (χ3n) is 4.14. The van der Waals surface area contributed by atoms with E-state index >= 15 is 0 Å². The van der Waals surface area contributed by atoms with Crippen LogP contribution in [0.15, 0.2) is 0 Å². The molecule has 22 heavy (non-hydrogen) atoms. The fraction of sp³-hybridized carbons (Fsp3) is 0.944. The van der Waals surface area contributed by atoms with E-state index < -0.39 is 5.60 Å². The number of nitrogens with one attached hydrogen (secondary N) is 1. The van der Waals surface area contributed by atoms with E-state index in [1.54, 1.807) is 0 Å². The molecule has 130 valence electrons. The Morgan fingerprint density at radius 2 is 1.68 bits per heavy atom. The van der Waals surface area contributed by atoms with Crippen LogP contribution in [0.4, 0.5) is 4.79 Å². The van der Waals surface area contributed by atoms with Crippen molar-refractivity contribution in [2.24, 2.45) is 5.92 Å². The minimum absolute atomic E-state index is 0.224. The predicted octanol–water partition coefficient (Wildman–Crippen LogP) is 4.19. The van der Waals surface area contributed by atoms with Crippen LogP contribution in [0.2, 0.25) is 0 Å². The van der Waals surface area contributed by atoms with Crippen molar-refractivity contribution < 1.29 is 9.53 Å². The van der Waals surface area contributed by atoms with Crippen LogP contribution in [0.5, 0.6) is 0 Å². The minimum atomic E-state index is -0.448. The van der Waals surface area contributed by atoms with Crippen molar-refractivity contribution in [1.82, 2.24) is 10.2 Å². The Kier molecular flexibility index (Phi) is 7.17. The van der Waals surface area contributed by atoms with Crippen LogP contribution in [0.1, 0.15) is 73.6 Å². The molecule has 0 spiro atoms. The number of hydrogen-bond acceptors (Lipinski definition) is 3. The zero-order valence-corrected chi connectivity index (χ0v) is 15.5. The van der Waals surface area contributed by atoms with Gasteiger partial charge in [-0.1, -0.05) is 25.7 Å². The Labute approximate surface area is 137 Å². The molecule has 1 N–H and O–H groups in total. The van der Waals surface area contributed by atoms with Gasteiger partial charge in [0.25, 0.3) is 0 Å². The van der Waals surface area contributed by atoms with E-state index in [0.29, 0.717) is 6.54 Å². The van der Waals surface area contributed by atoms with E-state index in [4.69, 9.17) is 4.74 Å². The van der Waals surface area contributed by atoms with Gasteiger partial charge < -0.3 is 15.0 Å². The van der Waals surface area contributed by atoms with Crippen molar-refractivity contribution in [1.29, 1.82) is 0 Å². The van der Waals surface area contributed by atoms with Crippen LogP contribution < -0.4 is 5.32 Å². The molecule has 0 radical (unpaired) electrons. The molecule has 0 heterocycles. The molecule has 0 aliphatic heterocycles. The summed E-state index contributed by atoms with van der Waals surface area (Å²) in [6, 6.07) is 0. The summed E-state index contributed by atoms with van der Waals surface area (Å²) in [7, 11) is 0. The Morgan fingerprint density at radius 1 is 1.09 bits per heavy atom. The molecule has 0 aromatic rings. The van der Waals surface area contributed by atoms with Gasteiger partial charge in [0.05, 0.1) is 0 Å². The van der Waals surface area contributed by atoms with Gasteiger partial charge in [0.1, 0.15) is 5.60 Å². The standard InChI is InChI=1S/C18H36N2O2/c1-17(2,3)20(16(21)22-18(4,5)6)14-13-19-12-11-15-9-7-8-10-15/h15,19H,7-14H2,1-6H3. The number of nitrogens with zero attached hydrogens (tertiary/aromatic N) is 1. The smallest absolute Gasteiger partial charge is 0.410 e. The fourth-order valence-electron chi connectivity index (χ4n) is 2.94. The lowest BCUT2D eigenvalue weighted by molar-refractivity contribution is 0.00664. The lowest BCUT2D eigenvalue weighted by Gasteiger charge is -2.37. The number of carbonyl (C=O) groups excluding carboxylic acids is 1. The average molecular weight is 312 g/mol. The summed E-state index contributed by atoms with van der Waals surface area (Å²) >= 11 is 0. The second-order valence-electron chi connectivity index (χ2n) is 8.49. The predicted molar refractivity (Wildman–Crippen MR) is 92.1 cm³/mol. The molecule has 4 heteroatoms. The molecule has 0 saturated heterocycles. The van der Waals surface area contributed by atoms with E-state index in [-0.39, 0.29) is 11.6 Å². The first-order chi connectivity index (χ1) is 10.1. The van der Waals surface area contributed by atoms with Crippen LogP contribution in [-0.4, -0.2) is 41.8 Å². The van der Waals surface area contributed by atoms with E-state index in [1.165, 1.54) is 32.1 Å². The number of ether oxygens (including phenoxy) is 1. The molecule has 0 unspecified atom stereocenters. The highest BCUT2D eigenvalue weighted by molar-refractivity contribution is 5.69. The molecule has 0 bridgehead atoms. The van der Waals surface area contributed by atoms with E-state index in [1.807, 2.05) is 25.7 Å². The number of hydrogen-bond donors (Lipinski definition) is 1. The van der Waals surface area contributed by atoms with Crippen molar-refractivity contribution in [3.05, 3.63) is 0 Å². The van der Waals surface area contributed by atoms with Crippen LogP contribution in [0, 0.1) is 5.92 Å². The van der Waals surface area contributed by atoms with Crippen LogP contribution in [0.25, 0.3) is 0 Å². The molecule has 1 saturated carbocycles. The molecule has 1 amide bonds. The third kappa shape index (κ3) is 7.48.